The fraction of sp³-hybridized carbons (Fsp3) is 0.118. The summed E-state index contributed by atoms with van der Waals surface area (Å²) in [6, 6.07) is 19.7. The van der Waals surface area contributed by atoms with Crippen LogP contribution in [0.4, 0.5) is 0 Å². The predicted molar refractivity (Wildman–Crippen MR) is 146 cm³/mol. The summed E-state index contributed by atoms with van der Waals surface area (Å²) in [6.45, 7) is 2.20. The van der Waals surface area contributed by atoms with Crippen molar-refractivity contribution in [2.24, 2.45) is 11.8 Å². The molecule has 0 aliphatic heterocycles. The SMILES string of the molecule is CC1=C(c2ccccc2)\C=C/C(C2=C3/C=C\CC=C(C4=CC=CC43)c3ccccc32)C=C/C=C\1. The van der Waals surface area contributed by atoms with Crippen molar-refractivity contribution in [2.45, 2.75) is 13.3 Å². The van der Waals surface area contributed by atoms with Gasteiger partial charge in [0.25, 0.3) is 0 Å². The van der Waals surface area contributed by atoms with Gasteiger partial charge in [-0.3, -0.25) is 0 Å². The van der Waals surface area contributed by atoms with E-state index in [0.717, 1.165) is 6.42 Å². The van der Waals surface area contributed by atoms with Gasteiger partial charge in [0.15, 0.2) is 0 Å². The van der Waals surface area contributed by atoms with Crippen LogP contribution in [-0.4, -0.2) is 0 Å². The quantitative estimate of drug-likeness (QED) is 0.442. The lowest BCUT2D eigenvalue weighted by atomic mass is 9.82. The van der Waals surface area contributed by atoms with Gasteiger partial charge < -0.3 is 0 Å². The number of rotatable bonds is 2. The average Bonchev–Trinajstić information content (AvgIpc) is 3.34. The zero-order chi connectivity index (χ0) is 22.9. The van der Waals surface area contributed by atoms with Gasteiger partial charge in [-0.1, -0.05) is 128 Å². The molecule has 0 nitrogen and oxygen atoms in total. The summed E-state index contributed by atoms with van der Waals surface area (Å²) in [4.78, 5) is 0. The van der Waals surface area contributed by atoms with E-state index in [-0.39, 0.29) is 5.92 Å². The molecule has 2 bridgehead atoms. The van der Waals surface area contributed by atoms with E-state index in [1.165, 1.54) is 50.1 Å². The summed E-state index contributed by atoms with van der Waals surface area (Å²) in [6.07, 6.45) is 28.7. The number of allylic oxidation sites excluding steroid dienone is 18. The Balaban J connectivity index is 1.58. The first-order chi connectivity index (χ1) is 16.8. The minimum Gasteiger partial charge on any atom is -0.0804 e. The summed E-state index contributed by atoms with van der Waals surface area (Å²) in [7, 11) is 0. The third-order valence-corrected chi connectivity index (χ3v) is 7.22. The molecule has 0 saturated heterocycles. The molecular formula is C34H28. The molecule has 2 aromatic carbocycles. The normalized spacial score (nSPS) is 27.8. The molecule has 0 amide bonds. The van der Waals surface area contributed by atoms with Crippen molar-refractivity contribution in [1.29, 1.82) is 0 Å². The second kappa shape index (κ2) is 8.80. The van der Waals surface area contributed by atoms with Gasteiger partial charge in [-0.05, 0) is 63.5 Å². The maximum atomic E-state index is 2.40. The van der Waals surface area contributed by atoms with Crippen LogP contribution in [0.5, 0.6) is 0 Å². The highest BCUT2D eigenvalue weighted by atomic mass is 14.4. The van der Waals surface area contributed by atoms with E-state index in [4.69, 9.17) is 0 Å². The lowest BCUT2D eigenvalue weighted by molar-refractivity contribution is 0.955. The minimum atomic E-state index is 0.169. The molecule has 0 aromatic heterocycles. The molecule has 2 unspecified atom stereocenters. The van der Waals surface area contributed by atoms with Gasteiger partial charge in [0.1, 0.15) is 0 Å². The third kappa shape index (κ3) is 3.56. The van der Waals surface area contributed by atoms with E-state index in [0.29, 0.717) is 5.92 Å². The highest BCUT2D eigenvalue weighted by molar-refractivity contribution is 5.95. The van der Waals surface area contributed by atoms with Gasteiger partial charge in [-0.2, -0.15) is 0 Å². The van der Waals surface area contributed by atoms with Crippen LogP contribution >= 0.6 is 0 Å². The zero-order valence-electron chi connectivity index (χ0n) is 19.5. The van der Waals surface area contributed by atoms with Crippen LogP contribution in [0, 0.1) is 11.8 Å². The average molecular weight is 437 g/mol. The van der Waals surface area contributed by atoms with E-state index in [9.17, 15) is 0 Å². The lowest BCUT2D eigenvalue weighted by Gasteiger charge is -2.21. The van der Waals surface area contributed by atoms with Gasteiger partial charge in [0.05, 0.1) is 0 Å². The summed E-state index contributed by atoms with van der Waals surface area (Å²) in [5.41, 5.74) is 12.1. The van der Waals surface area contributed by atoms with E-state index < -0.39 is 0 Å². The number of hydrogen-bond donors (Lipinski definition) is 0. The number of fused-ring (bicyclic) bond motifs is 2. The van der Waals surface area contributed by atoms with Gasteiger partial charge in [0.2, 0.25) is 0 Å². The first-order valence-electron chi connectivity index (χ1n) is 12.2. The Labute approximate surface area is 202 Å². The fourth-order valence-corrected chi connectivity index (χ4v) is 5.61. The van der Waals surface area contributed by atoms with Crippen molar-refractivity contribution < 1.29 is 0 Å². The Hall–Kier alpha value is -3.90. The van der Waals surface area contributed by atoms with Crippen LogP contribution in [0.25, 0.3) is 16.7 Å². The molecular weight excluding hydrogens is 408 g/mol. The van der Waals surface area contributed by atoms with Crippen LogP contribution in [0.15, 0.2) is 144 Å². The van der Waals surface area contributed by atoms with Crippen LogP contribution in [0.3, 0.4) is 0 Å². The van der Waals surface area contributed by atoms with Crippen LogP contribution in [0.2, 0.25) is 0 Å². The van der Waals surface area contributed by atoms with Crippen molar-refractivity contribution >= 4 is 16.7 Å². The summed E-state index contributed by atoms with van der Waals surface area (Å²) >= 11 is 0. The molecule has 0 N–H and O–H groups in total. The molecule has 0 fully saturated rings. The Kier molecular flexibility index (Phi) is 5.35. The molecule has 0 saturated carbocycles. The van der Waals surface area contributed by atoms with Gasteiger partial charge in [-0.15, -0.1) is 0 Å². The first kappa shape index (κ1) is 20.7. The van der Waals surface area contributed by atoms with E-state index >= 15 is 0 Å². The highest BCUT2D eigenvalue weighted by Crippen LogP contribution is 2.49. The molecule has 0 heteroatoms. The molecule has 0 spiro atoms. The smallest absolute Gasteiger partial charge is 0.0281 e. The van der Waals surface area contributed by atoms with Crippen molar-refractivity contribution in [3.05, 3.63) is 161 Å². The molecule has 164 valence electrons. The summed E-state index contributed by atoms with van der Waals surface area (Å²) < 4.78 is 0. The molecule has 0 heterocycles. The Bertz CT molecular complexity index is 1410. The fourth-order valence-electron chi connectivity index (χ4n) is 5.61. The summed E-state index contributed by atoms with van der Waals surface area (Å²) in [5, 5.41) is 0. The van der Waals surface area contributed by atoms with E-state index in [2.05, 4.69) is 134 Å². The van der Waals surface area contributed by atoms with Crippen LogP contribution in [-0.2, 0) is 0 Å². The monoisotopic (exact) mass is 436 g/mol. The van der Waals surface area contributed by atoms with Crippen molar-refractivity contribution in [1.82, 2.24) is 0 Å². The maximum absolute atomic E-state index is 2.40. The zero-order valence-corrected chi connectivity index (χ0v) is 19.5. The van der Waals surface area contributed by atoms with E-state index in [1.54, 1.807) is 0 Å². The van der Waals surface area contributed by atoms with E-state index in [1.807, 2.05) is 0 Å². The molecule has 6 rings (SSSR count). The van der Waals surface area contributed by atoms with Crippen molar-refractivity contribution in [3.63, 3.8) is 0 Å². The number of hydrogen-bond acceptors (Lipinski definition) is 0. The minimum absolute atomic E-state index is 0.169. The number of benzene rings is 2. The first-order valence-corrected chi connectivity index (χ1v) is 12.2. The molecule has 34 heavy (non-hydrogen) atoms. The Morgan fingerprint density at radius 2 is 1.56 bits per heavy atom. The Morgan fingerprint density at radius 3 is 2.44 bits per heavy atom. The summed E-state index contributed by atoms with van der Waals surface area (Å²) in [5.74, 6) is 0.476. The topological polar surface area (TPSA) is 0 Å². The van der Waals surface area contributed by atoms with Gasteiger partial charge >= 0.3 is 0 Å². The second-order valence-corrected chi connectivity index (χ2v) is 9.25. The third-order valence-electron chi connectivity index (χ3n) is 7.22. The molecule has 4 aliphatic carbocycles. The second-order valence-electron chi connectivity index (χ2n) is 9.25. The Morgan fingerprint density at radius 1 is 0.735 bits per heavy atom. The van der Waals surface area contributed by atoms with Gasteiger partial charge in [-0.25, -0.2) is 0 Å². The molecule has 2 atom stereocenters. The van der Waals surface area contributed by atoms with Crippen LogP contribution < -0.4 is 0 Å². The van der Waals surface area contributed by atoms with Crippen molar-refractivity contribution in [2.75, 3.05) is 0 Å². The molecule has 0 radical (unpaired) electrons. The highest BCUT2D eigenvalue weighted by Gasteiger charge is 2.32. The predicted octanol–water partition coefficient (Wildman–Crippen LogP) is 8.68. The molecule has 2 aromatic rings. The van der Waals surface area contributed by atoms with Gasteiger partial charge in [0, 0.05) is 11.8 Å². The largest absolute Gasteiger partial charge is 0.0804 e. The molecule has 4 aliphatic rings. The van der Waals surface area contributed by atoms with Crippen molar-refractivity contribution in [3.8, 4) is 0 Å². The standard InChI is InChI=1S/C34H28/c1-24-12-5-6-15-26(22-23-27(24)25-13-3-2-4-14-25)34-32-18-10-8-17-30(32)28-16-7-9-19-33(34)31-21-11-20-29(28)31/h2-6,8-23,26,31H,7H2,1H3/b12-5-,15-6?,19-9-,23-22-,27-24-,28-16?. The maximum Gasteiger partial charge on any atom is 0.0281 e. The van der Waals surface area contributed by atoms with Crippen LogP contribution in [0.1, 0.15) is 30.0 Å². The lowest BCUT2D eigenvalue weighted by Crippen LogP contribution is -2.07.